The van der Waals surface area contributed by atoms with Gasteiger partial charge >= 0.3 is 5.97 Å². The second-order valence-corrected chi connectivity index (χ2v) is 9.12. The van der Waals surface area contributed by atoms with Crippen molar-refractivity contribution in [1.82, 2.24) is 0 Å². The van der Waals surface area contributed by atoms with E-state index in [1.807, 2.05) is 32.9 Å². The minimum absolute atomic E-state index is 0.0292. The SMILES string of the molecule is CC(CCCc1ccccc1)Oc1cc(O)c2c(c1)OC(C)(C)C(CCCC(=O)O)C2. The lowest BCUT2D eigenvalue weighted by Crippen LogP contribution is -2.42. The molecule has 0 fully saturated rings. The van der Waals surface area contributed by atoms with Crippen molar-refractivity contribution in [2.45, 2.75) is 77.4 Å². The quantitative estimate of drug-likeness (QED) is 0.505. The number of carboxylic acids is 1. The Labute approximate surface area is 185 Å². The predicted molar refractivity (Wildman–Crippen MR) is 121 cm³/mol. The van der Waals surface area contributed by atoms with Crippen LogP contribution in [0.3, 0.4) is 0 Å². The van der Waals surface area contributed by atoms with Crippen molar-refractivity contribution in [1.29, 1.82) is 0 Å². The zero-order valence-electron chi connectivity index (χ0n) is 18.8. The molecule has 0 radical (unpaired) electrons. The number of benzene rings is 2. The van der Waals surface area contributed by atoms with Crippen LogP contribution in [-0.2, 0) is 17.6 Å². The molecule has 1 aliphatic heterocycles. The Hall–Kier alpha value is -2.69. The number of aromatic hydroxyl groups is 1. The van der Waals surface area contributed by atoms with E-state index in [1.54, 1.807) is 6.07 Å². The van der Waals surface area contributed by atoms with E-state index in [2.05, 4.69) is 24.3 Å². The predicted octanol–water partition coefficient (Wildman–Crippen LogP) is 5.77. The van der Waals surface area contributed by atoms with Crippen LogP contribution in [0.2, 0.25) is 0 Å². The fraction of sp³-hybridized carbons (Fsp3) is 0.500. The van der Waals surface area contributed by atoms with Gasteiger partial charge in [0.05, 0.1) is 6.10 Å². The Morgan fingerprint density at radius 3 is 2.68 bits per heavy atom. The van der Waals surface area contributed by atoms with E-state index in [0.29, 0.717) is 24.3 Å². The normalized spacial score (nSPS) is 18.0. The van der Waals surface area contributed by atoms with Crippen LogP contribution in [0.15, 0.2) is 42.5 Å². The summed E-state index contributed by atoms with van der Waals surface area (Å²) in [5.74, 6) is 0.823. The smallest absolute Gasteiger partial charge is 0.303 e. The second kappa shape index (κ2) is 10.1. The Bertz CT molecular complexity index is 875. The lowest BCUT2D eigenvalue weighted by Gasteiger charge is -2.40. The van der Waals surface area contributed by atoms with E-state index in [1.165, 1.54) is 5.56 Å². The number of phenols is 1. The van der Waals surface area contributed by atoms with Crippen LogP contribution in [0.5, 0.6) is 17.2 Å². The van der Waals surface area contributed by atoms with Gasteiger partial charge in [-0.15, -0.1) is 0 Å². The third-order valence-corrected chi connectivity index (χ3v) is 6.17. The number of carboxylic acid groups (broad SMARTS) is 1. The minimum atomic E-state index is -0.780. The first kappa shape index (κ1) is 23.0. The van der Waals surface area contributed by atoms with Gasteiger partial charge in [-0.1, -0.05) is 30.3 Å². The first-order valence-corrected chi connectivity index (χ1v) is 11.2. The third-order valence-electron chi connectivity index (χ3n) is 6.17. The maximum atomic E-state index is 10.8. The van der Waals surface area contributed by atoms with Gasteiger partial charge in [0.15, 0.2) is 0 Å². The Morgan fingerprint density at radius 1 is 1.23 bits per heavy atom. The van der Waals surface area contributed by atoms with Crippen molar-refractivity contribution >= 4 is 5.97 Å². The van der Waals surface area contributed by atoms with Crippen LogP contribution in [0.1, 0.15) is 64.0 Å². The summed E-state index contributed by atoms with van der Waals surface area (Å²) in [6.45, 7) is 6.10. The van der Waals surface area contributed by atoms with Crippen molar-refractivity contribution < 1.29 is 24.5 Å². The number of carbonyl (C=O) groups is 1. The molecule has 168 valence electrons. The zero-order chi connectivity index (χ0) is 22.4. The molecule has 0 aromatic heterocycles. The Morgan fingerprint density at radius 2 is 1.97 bits per heavy atom. The van der Waals surface area contributed by atoms with Crippen LogP contribution in [0.4, 0.5) is 0 Å². The minimum Gasteiger partial charge on any atom is -0.507 e. The fourth-order valence-electron chi connectivity index (χ4n) is 4.31. The monoisotopic (exact) mass is 426 g/mol. The van der Waals surface area contributed by atoms with Gasteiger partial charge in [0, 0.05) is 30.0 Å². The summed E-state index contributed by atoms with van der Waals surface area (Å²) < 4.78 is 12.3. The zero-order valence-corrected chi connectivity index (χ0v) is 18.8. The second-order valence-electron chi connectivity index (χ2n) is 9.12. The summed E-state index contributed by atoms with van der Waals surface area (Å²) in [5.41, 5.74) is 1.68. The number of phenolic OH excluding ortho intramolecular Hbond substituents is 1. The molecule has 3 rings (SSSR count). The molecule has 0 amide bonds. The molecule has 2 atom stereocenters. The van der Waals surface area contributed by atoms with E-state index in [-0.39, 0.29) is 24.2 Å². The first-order valence-electron chi connectivity index (χ1n) is 11.2. The van der Waals surface area contributed by atoms with E-state index < -0.39 is 11.6 Å². The summed E-state index contributed by atoms with van der Waals surface area (Å²) >= 11 is 0. The molecule has 1 aliphatic rings. The van der Waals surface area contributed by atoms with E-state index in [4.69, 9.17) is 14.6 Å². The standard InChI is InChI=1S/C26H34O5/c1-18(9-7-12-19-10-5-4-6-11-19)30-21-16-23(27)22-15-20(13-8-14-25(28)29)26(2,3)31-24(22)17-21/h4-6,10-11,16-18,20,27H,7-9,12-15H2,1-3H3,(H,28,29). The van der Waals surface area contributed by atoms with Gasteiger partial charge in [-0.25, -0.2) is 0 Å². The van der Waals surface area contributed by atoms with Crippen molar-refractivity contribution in [3.05, 3.63) is 53.6 Å². The number of fused-ring (bicyclic) bond motifs is 1. The first-order chi connectivity index (χ1) is 14.7. The molecule has 2 N–H and O–H groups in total. The maximum Gasteiger partial charge on any atom is 0.303 e. The van der Waals surface area contributed by atoms with E-state index in [9.17, 15) is 9.90 Å². The van der Waals surface area contributed by atoms with Gasteiger partial charge in [-0.3, -0.25) is 4.79 Å². The highest BCUT2D eigenvalue weighted by Crippen LogP contribution is 2.45. The lowest BCUT2D eigenvalue weighted by atomic mass is 9.79. The van der Waals surface area contributed by atoms with Crippen molar-refractivity contribution in [2.75, 3.05) is 0 Å². The Balaban J connectivity index is 1.60. The molecule has 2 aromatic rings. The molecule has 2 aromatic carbocycles. The molecule has 0 bridgehead atoms. The van der Waals surface area contributed by atoms with E-state index >= 15 is 0 Å². The van der Waals surface area contributed by atoms with Crippen LogP contribution < -0.4 is 9.47 Å². The molecule has 31 heavy (non-hydrogen) atoms. The van der Waals surface area contributed by atoms with Gasteiger partial charge in [-0.05, 0) is 64.9 Å². The number of hydrogen-bond donors (Lipinski definition) is 2. The molecule has 0 saturated carbocycles. The van der Waals surface area contributed by atoms with Crippen LogP contribution >= 0.6 is 0 Å². The molecule has 5 nitrogen and oxygen atoms in total. The van der Waals surface area contributed by atoms with Gasteiger partial charge in [-0.2, -0.15) is 0 Å². The highest BCUT2D eigenvalue weighted by Gasteiger charge is 2.38. The van der Waals surface area contributed by atoms with Crippen molar-refractivity contribution in [3.8, 4) is 17.2 Å². The average Bonchev–Trinajstić information content (AvgIpc) is 2.69. The summed E-state index contributed by atoms with van der Waals surface area (Å²) in [6.07, 6.45) is 5.17. The molecule has 0 aliphatic carbocycles. The summed E-state index contributed by atoms with van der Waals surface area (Å²) in [7, 11) is 0. The molecule has 0 saturated heterocycles. The molecular weight excluding hydrogens is 392 g/mol. The number of hydrogen-bond acceptors (Lipinski definition) is 4. The topological polar surface area (TPSA) is 76.0 Å². The highest BCUT2D eigenvalue weighted by atomic mass is 16.5. The molecule has 2 unspecified atom stereocenters. The average molecular weight is 427 g/mol. The lowest BCUT2D eigenvalue weighted by molar-refractivity contribution is -0.137. The Kier molecular flexibility index (Phi) is 7.47. The van der Waals surface area contributed by atoms with Gasteiger partial charge in [0.2, 0.25) is 0 Å². The number of rotatable bonds is 10. The largest absolute Gasteiger partial charge is 0.507 e. The summed E-state index contributed by atoms with van der Waals surface area (Å²) in [5, 5.41) is 19.5. The maximum absolute atomic E-state index is 10.8. The van der Waals surface area contributed by atoms with E-state index in [0.717, 1.165) is 31.2 Å². The highest BCUT2D eigenvalue weighted by molar-refractivity contribution is 5.66. The van der Waals surface area contributed by atoms with Gasteiger partial charge in [0.25, 0.3) is 0 Å². The van der Waals surface area contributed by atoms with Crippen LogP contribution in [-0.4, -0.2) is 27.9 Å². The summed E-state index contributed by atoms with van der Waals surface area (Å²) in [4.78, 5) is 10.8. The van der Waals surface area contributed by atoms with Crippen LogP contribution in [0.25, 0.3) is 0 Å². The fourth-order valence-corrected chi connectivity index (χ4v) is 4.31. The number of aliphatic carboxylic acids is 1. The molecular formula is C26H34O5. The molecule has 1 heterocycles. The van der Waals surface area contributed by atoms with Crippen LogP contribution in [0, 0.1) is 5.92 Å². The van der Waals surface area contributed by atoms with Crippen molar-refractivity contribution in [3.63, 3.8) is 0 Å². The van der Waals surface area contributed by atoms with Crippen molar-refractivity contribution in [2.24, 2.45) is 5.92 Å². The molecule has 0 spiro atoms. The third kappa shape index (κ3) is 6.39. The number of aryl methyl sites for hydroxylation is 1. The number of ether oxygens (including phenoxy) is 2. The molecule has 5 heteroatoms. The van der Waals surface area contributed by atoms with Gasteiger partial charge in [0.1, 0.15) is 22.8 Å². The summed E-state index contributed by atoms with van der Waals surface area (Å²) in [6, 6.07) is 14.0. The van der Waals surface area contributed by atoms with Gasteiger partial charge < -0.3 is 19.7 Å².